The average Bonchev–Trinajstić information content (AvgIpc) is 3.32. The van der Waals surface area contributed by atoms with Crippen molar-refractivity contribution < 1.29 is 0 Å². The van der Waals surface area contributed by atoms with Crippen LogP contribution >= 0.6 is 23.2 Å². The maximum Gasteiger partial charge on any atom is 0.218 e. The Balaban J connectivity index is 0.000000701. The van der Waals surface area contributed by atoms with Gasteiger partial charge in [-0.25, -0.2) is 0 Å². The molecule has 0 aliphatic rings. The highest BCUT2D eigenvalue weighted by molar-refractivity contribution is 6.31. The van der Waals surface area contributed by atoms with Gasteiger partial charge in [0, 0.05) is 60.7 Å². The first-order valence-corrected chi connectivity index (χ1v) is 25.5. The maximum absolute atomic E-state index is 5.93. The molecule has 392 valence electrons. The Morgan fingerprint density at radius 1 is 0.414 bits per heavy atom. The number of benzene rings is 2. The van der Waals surface area contributed by atoms with E-state index < -0.39 is 0 Å². The summed E-state index contributed by atoms with van der Waals surface area (Å²) in [6, 6.07) is 14.1. The van der Waals surface area contributed by atoms with E-state index >= 15 is 0 Å². The summed E-state index contributed by atoms with van der Waals surface area (Å²) in [6.07, 6.45) is 17.1. The van der Waals surface area contributed by atoms with Gasteiger partial charge in [0.2, 0.25) is 23.8 Å². The summed E-state index contributed by atoms with van der Waals surface area (Å²) in [7, 11) is 0. The highest BCUT2D eigenvalue weighted by Gasteiger charge is 2.07. The smallest absolute Gasteiger partial charge is 0.218 e. The van der Waals surface area contributed by atoms with Crippen LogP contribution in [-0.2, 0) is 0 Å². The number of unbranched alkanes of at least 4 members (excludes halogenated alkanes) is 8. The third kappa shape index (κ3) is 34.3. The molecule has 0 radical (unpaired) electrons. The Bertz CT molecular complexity index is 1810. The Morgan fingerprint density at radius 3 is 1.04 bits per heavy atom. The van der Waals surface area contributed by atoms with Gasteiger partial charge >= 0.3 is 0 Å². The fraction of sp³-hybridized carbons (Fsp3) is 0.583. The van der Waals surface area contributed by atoms with Crippen LogP contribution in [0.2, 0.25) is 10.0 Å². The van der Waals surface area contributed by atoms with Gasteiger partial charge in [0.25, 0.3) is 0 Å². The first kappa shape index (κ1) is 62.0. The van der Waals surface area contributed by atoms with E-state index in [4.69, 9.17) is 69.1 Å². The molecule has 0 aliphatic carbocycles. The molecule has 70 heavy (non-hydrogen) atoms. The lowest BCUT2D eigenvalue weighted by Crippen LogP contribution is -2.42. The van der Waals surface area contributed by atoms with Crippen molar-refractivity contribution in [1.82, 2.24) is 10.6 Å². The topological polar surface area (TPSA) is 355 Å². The zero-order valence-electron chi connectivity index (χ0n) is 42.3. The summed E-state index contributed by atoms with van der Waals surface area (Å²) in [6.45, 7) is 12.7. The zero-order chi connectivity index (χ0) is 51.8. The molecule has 2 unspecified atom stereocenters. The van der Waals surface area contributed by atoms with Gasteiger partial charge in [0.05, 0.1) is 0 Å². The van der Waals surface area contributed by atoms with Crippen LogP contribution < -0.4 is 67.1 Å². The third-order valence-corrected chi connectivity index (χ3v) is 11.1. The Kier molecular flexibility index (Phi) is 35.2. The van der Waals surface area contributed by atoms with Gasteiger partial charge in [-0.2, -0.15) is 9.98 Å². The van der Waals surface area contributed by atoms with E-state index in [2.05, 4.69) is 88.9 Å². The number of nitrogens with one attached hydrogen (secondary N) is 4. The number of guanidine groups is 8. The van der Waals surface area contributed by atoms with Gasteiger partial charge < -0.3 is 56.5 Å². The zero-order valence-corrected chi connectivity index (χ0v) is 43.8. The van der Waals surface area contributed by atoms with Crippen LogP contribution in [-0.4, -0.2) is 86.9 Å². The van der Waals surface area contributed by atoms with E-state index in [1.54, 1.807) is 48.5 Å². The second kappa shape index (κ2) is 39.8. The quantitative estimate of drug-likeness (QED) is 0.0239. The number of nitrogens with zero attached hydrogens (tertiary/aromatic N) is 8. The highest BCUT2D eigenvalue weighted by atomic mass is 35.5. The van der Waals surface area contributed by atoms with E-state index in [9.17, 15) is 0 Å². The average molecular weight is 1010 g/mol. The lowest BCUT2D eigenvalue weighted by Gasteiger charge is -2.12. The Labute approximate surface area is 427 Å². The minimum absolute atomic E-state index is 0.124. The van der Waals surface area contributed by atoms with Crippen molar-refractivity contribution in [3.8, 4) is 0 Å². The van der Waals surface area contributed by atoms with Gasteiger partial charge in [-0.1, -0.05) is 115 Å². The van der Waals surface area contributed by atoms with Crippen molar-refractivity contribution in [1.29, 1.82) is 0 Å². The lowest BCUT2D eigenvalue weighted by atomic mass is 10.00. The molecule has 0 aromatic heterocycles. The molecule has 2 rings (SSSR count). The molecule has 0 amide bonds. The van der Waals surface area contributed by atoms with Crippen LogP contribution in [0.25, 0.3) is 0 Å². The molecule has 0 fully saturated rings. The van der Waals surface area contributed by atoms with Crippen LogP contribution in [0.15, 0.2) is 88.5 Å². The molecular weight excluding hydrogens is 928 g/mol. The van der Waals surface area contributed by atoms with Gasteiger partial charge in [-0.15, -0.1) is 0 Å². The molecule has 2 aromatic carbocycles. The van der Waals surface area contributed by atoms with E-state index in [0.717, 1.165) is 88.7 Å². The van der Waals surface area contributed by atoms with Crippen molar-refractivity contribution in [2.45, 2.75) is 130 Å². The summed E-state index contributed by atoms with van der Waals surface area (Å²) >= 11 is 11.7. The maximum atomic E-state index is 5.93. The Morgan fingerprint density at radius 2 is 0.729 bits per heavy atom. The van der Waals surface area contributed by atoms with Crippen molar-refractivity contribution in [2.24, 2.45) is 97.6 Å². The number of halogens is 2. The van der Waals surface area contributed by atoms with Crippen LogP contribution in [0, 0.1) is 11.8 Å². The summed E-state index contributed by atoms with van der Waals surface area (Å²) in [4.78, 5) is 34.0. The number of hydrogen-bond acceptors (Lipinski definition) is 6. The normalized spacial score (nSPS) is 14.1. The number of aliphatic imine (C=N–C) groups is 8. The fourth-order valence-electron chi connectivity index (χ4n) is 6.39. The molecule has 2 aromatic rings. The summed E-state index contributed by atoms with van der Waals surface area (Å²) in [5.74, 6) is 3.00. The van der Waals surface area contributed by atoms with Gasteiger partial charge in [0.1, 0.15) is 0 Å². The number of rotatable bonds is 28. The molecule has 22 heteroatoms. The monoisotopic (exact) mass is 1010 g/mol. The molecule has 20 nitrogen and oxygen atoms in total. The fourth-order valence-corrected chi connectivity index (χ4v) is 6.64. The molecular formula is C48H86Cl2N20. The minimum atomic E-state index is 0.124. The van der Waals surface area contributed by atoms with Crippen molar-refractivity contribution in [3.63, 3.8) is 0 Å². The van der Waals surface area contributed by atoms with Crippen LogP contribution in [0.3, 0.4) is 0 Å². The van der Waals surface area contributed by atoms with E-state index in [0.29, 0.717) is 71.9 Å². The second-order valence-electron chi connectivity index (χ2n) is 16.6. The largest absolute Gasteiger partial charge is 0.370 e. The second-order valence-corrected chi connectivity index (χ2v) is 17.5. The third-order valence-electron chi connectivity index (χ3n) is 10.6. The van der Waals surface area contributed by atoms with Crippen LogP contribution in [0.5, 0.6) is 0 Å². The van der Waals surface area contributed by atoms with Crippen molar-refractivity contribution in [3.05, 3.63) is 58.6 Å². The summed E-state index contributed by atoms with van der Waals surface area (Å²) in [5, 5.41) is 12.9. The standard InChI is InChI=1S/C26H56N10.C22H30Cl2N10/c1-5-9-15-21(7-3)19-33-25(29)35-23(27)31-17-13-11-12-14-18-32-24(28)36-26(30)34-20-22(8-4)16-10-6-2;23-15-5-9-17(10-6-15)31-21(27)33-19(25)29-13-3-1-2-4-14-30-20(26)34-22(28)32-18-11-7-16(24)8-12-18/h21-22H,5-20H2,1-4H3,(H5,27,29,31,33,35)(H5,28,30,32,34,36);5-12H,1-4,13-14H2,(H5,25,27,29,31,33)(H5,26,28,30,32,34). The predicted molar refractivity (Wildman–Crippen MR) is 302 cm³/mol. The van der Waals surface area contributed by atoms with Crippen LogP contribution in [0.1, 0.15) is 130 Å². The first-order chi connectivity index (χ1) is 33.7. The minimum Gasteiger partial charge on any atom is -0.370 e. The predicted octanol–water partition coefficient (Wildman–Crippen LogP) is 6.75. The van der Waals surface area contributed by atoms with Gasteiger partial charge in [-0.05, 0) is 98.9 Å². The molecule has 0 bridgehead atoms. The van der Waals surface area contributed by atoms with Crippen molar-refractivity contribution >= 4 is 82.3 Å². The molecule has 0 heterocycles. The highest BCUT2D eigenvalue weighted by Crippen LogP contribution is 2.15. The SMILES string of the molecule is CCCCC(CC)CN=C(N)NC(N)=NCCCCCCN=C(N)NC(N)=NCC(CC)CCCC.NC(=NCCCCCCN=C(N)N=C(N)Nc1ccc(Cl)cc1)N=C(N)Nc1ccc(Cl)cc1. The van der Waals surface area contributed by atoms with E-state index in [1.165, 1.54) is 38.5 Å². The molecule has 0 saturated carbocycles. The molecule has 20 N–H and O–H groups in total. The summed E-state index contributed by atoms with van der Waals surface area (Å²) in [5.41, 5.74) is 48.5. The molecule has 0 saturated heterocycles. The first-order valence-electron chi connectivity index (χ1n) is 24.7. The van der Waals surface area contributed by atoms with Gasteiger partial charge in [-0.3, -0.25) is 40.6 Å². The summed E-state index contributed by atoms with van der Waals surface area (Å²) < 4.78 is 0. The number of hydrogen-bond donors (Lipinski definition) is 12. The molecule has 0 spiro atoms. The van der Waals surface area contributed by atoms with Gasteiger partial charge in [0.15, 0.2) is 23.8 Å². The van der Waals surface area contributed by atoms with E-state index in [-0.39, 0.29) is 23.8 Å². The number of anilines is 2. The van der Waals surface area contributed by atoms with Crippen LogP contribution in [0.4, 0.5) is 11.4 Å². The number of nitrogens with two attached hydrogens (primary N) is 8. The lowest BCUT2D eigenvalue weighted by molar-refractivity contribution is 0.462. The van der Waals surface area contributed by atoms with Crippen molar-refractivity contribution in [2.75, 3.05) is 49.9 Å². The van der Waals surface area contributed by atoms with E-state index in [1.807, 2.05) is 0 Å². The molecule has 2 atom stereocenters. The molecule has 0 aliphatic heterocycles. The Hall–Kier alpha value is -6.02.